The fraction of sp³-hybridized carbons (Fsp3) is 0.364. The topological polar surface area (TPSA) is 40.5 Å². The summed E-state index contributed by atoms with van der Waals surface area (Å²) in [5.41, 5.74) is 5.87. The second-order valence-electron chi connectivity index (χ2n) is 10.2. The van der Waals surface area contributed by atoms with Crippen molar-refractivity contribution < 1.29 is 31.2 Å². The van der Waals surface area contributed by atoms with E-state index in [9.17, 15) is 0 Å². The van der Waals surface area contributed by atoms with Gasteiger partial charge in [-0.3, -0.25) is 0 Å². The second kappa shape index (κ2) is 16.0. The van der Waals surface area contributed by atoms with Crippen molar-refractivity contribution in [3.05, 3.63) is 114 Å². The summed E-state index contributed by atoms with van der Waals surface area (Å²) in [6.45, 7) is 11.7. The summed E-state index contributed by atoms with van der Waals surface area (Å²) in [5, 5.41) is 16.1. The van der Waals surface area contributed by atoms with E-state index >= 15 is 0 Å². The van der Waals surface area contributed by atoms with Crippen LogP contribution in [-0.4, -0.2) is 25.7 Å². The summed E-state index contributed by atoms with van der Waals surface area (Å²) in [6, 6.07) is 21.7. The van der Waals surface area contributed by atoms with Crippen LogP contribution < -0.4 is 0 Å². The Morgan fingerprint density at radius 1 is 0.667 bits per heavy atom. The Morgan fingerprint density at radius 2 is 1.00 bits per heavy atom. The molecular formula is C33H44HfO2. The molecule has 3 heteroatoms. The minimum atomic E-state index is -2.05. The van der Waals surface area contributed by atoms with Gasteiger partial charge in [0.15, 0.2) is 0 Å². The van der Waals surface area contributed by atoms with Gasteiger partial charge in [-0.2, -0.15) is 0 Å². The normalized spacial score (nSPS) is 14.2. The van der Waals surface area contributed by atoms with Gasteiger partial charge in [0.1, 0.15) is 0 Å². The van der Waals surface area contributed by atoms with E-state index in [0.29, 0.717) is 0 Å². The van der Waals surface area contributed by atoms with E-state index < -0.39 is 21.0 Å². The molecule has 0 unspecified atom stereocenters. The van der Waals surface area contributed by atoms with E-state index in [0.717, 1.165) is 12.8 Å². The van der Waals surface area contributed by atoms with Crippen LogP contribution in [0.1, 0.15) is 65.5 Å². The maximum atomic E-state index is 8.06. The molecule has 0 atom stereocenters. The average molecular weight is 651 g/mol. The molecule has 2 aromatic carbocycles. The first-order valence-corrected chi connectivity index (χ1v) is 18.5. The monoisotopic (exact) mass is 652 g/mol. The van der Waals surface area contributed by atoms with Gasteiger partial charge in [0.2, 0.25) is 0 Å². The molecule has 36 heavy (non-hydrogen) atoms. The van der Waals surface area contributed by atoms with Crippen LogP contribution in [0.5, 0.6) is 0 Å². The first-order chi connectivity index (χ1) is 17.2. The Morgan fingerprint density at radius 3 is 1.31 bits per heavy atom. The first kappa shape index (κ1) is 30.3. The zero-order valence-corrected chi connectivity index (χ0v) is 26.6. The van der Waals surface area contributed by atoms with E-state index in [-0.39, 0.29) is 12.2 Å². The van der Waals surface area contributed by atoms with Crippen molar-refractivity contribution in [2.75, 3.05) is 0 Å². The van der Waals surface area contributed by atoms with Crippen LogP contribution in [0.2, 0.25) is 0 Å². The van der Waals surface area contributed by atoms with Gasteiger partial charge >= 0.3 is 178 Å². The number of rotatable bonds is 6. The number of hydrogen-bond acceptors (Lipinski definition) is 2. The van der Waals surface area contributed by atoms with E-state index in [1.54, 1.807) is 37.6 Å². The number of hydrogen-bond donors (Lipinski definition) is 2. The molecule has 2 aromatic rings. The fourth-order valence-corrected chi connectivity index (χ4v) is 14.9. The standard InChI is InChI=1S/2C12H11.2C3H8O.C3H6.Hf/c2*1-2-6-11(7-3-1)10-12-8-4-5-9-12;2*1-3(2)4;1-3-2;/h2*1-3,6-9H,4,10H2;2*3-4H,1-2H3;1-2H3;. The third-order valence-electron chi connectivity index (χ3n) is 5.53. The van der Waals surface area contributed by atoms with Gasteiger partial charge in [-0.25, -0.2) is 0 Å². The van der Waals surface area contributed by atoms with Crippen molar-refractivity contribution in [2.45, 2.75) is 79.4 Å². The number of aliphatic hydroxyl groups excluding tert-OH is 2. The molecule has 0 amide bonds. The van der Waals surface area contributed by atoms with Crippen LogP contribution in [0.4, 0.5) is 0 Å². The third-order valence-corrected chi connectivity index (χ3v) is 16.2. The maximum absolute atomic E-state index is 8.06. The summed E-state index contributed by atoms with van der Waals surface area (Å²) >= 11 is -2.05. The number of allylic oxidation sites excluding steroid dienone is 8. The fourth-order valence-electron chi connectivity index (χ4n) is 4.27. The predicted octanol–water partition coefficient (Wildman–Crippen LogP) is 7.50. The van der Waals surface area contributed by atoms with Crippen LogP contribution in [0.15, 0.2) is 103 Å². The predicted molar refractivity (Wildman–Crippen MR) is 153 cm³/mol. The number of benzene rings is 2. The van der Waals surface area contributed by atoms with Gasteiger partial charge in [-0.1, -0.05) is 0 Å². The molecule has 2 aliphatic carbocycles. The van der Waals surface area contributed by atoms with Crippen molar-refractivity contribution >= 4 is 3.26 Å². The molecule has 0 spiro atoms. The van der Waals surface area contributed by atoms with Gasteiger partial charge < -0.3 is 10.2 Å². The van der Waals surface area contributed by atoms with Crippen molar-refractivity contribution in [2.24, 2.45) is 0 Å². The van der Waals surface area contributed by atoms with Crippen LogP contribution in [-0.2, 0) is 33.8 Å². The quantitative estimate of drug-likeness (QED) is 0.318. The van der Waals surface area contributed by atoms with Crippen molar-refractivity contribution in [3.63, 3.8) is 0 Å². The Bertz CT molecular complexity index is 1010. The molecule has 192 valence electrons. The Kier molecular flexibility index (Phi) is 13.5. The summed E-state index contributed by atoms with van der Waals surface area (Å²) in [6.07, 6.45) is 14.2. The van der Waals surface area contributed by atoms with E-state index in [4.69, 9.17) is 10.2 Å². The SMILES string of the molecule is CC(C)O.CC(C)O.C[C](C)=[Hf]([C]1=CC(Cc2ccccc2)=CC1)[C]1=CC(Cc2ccccc2)=CC1. The Hall–Kier alpha value is -1.94. The molecular weight excluding hydrogens is 607 g/mol. The van der Waals surface area contributed by atoms with Gasteiger partial charge in [0, 0.05) is 12.2 Å². The molecule has 2 aliphatic rings. The van der Waals surface area contributed by atoms with E-state index in [2.05, 4.69) is 98.8 Å². The first-order valence-electron chi connectivity index (χ1n) is 13.1. The van der Waals surface area contributed by atoms with Crippen LogP contribution in [0.3, 0.4) is 0 Å². The Balaban J connectivity index is 0.000000501. The summed E-state index contributed by atoms with van der Waals surface area (Å²) in [5.74, 6) is 0. The Labute approximate surface area is 226 Å². The van der Waals surface area contributed by atoms with Gasteiger partial charge in [-0.05, 0) is 27.7 Å². The molecule has 2 nitrogen and oxygen atoms in total. The molecule has 0 aromatic heterocycles. The zero-order valence-electron chi connectivity index (χ0n) is 23.0. The molecule has 0 saturated carbocycles. The van der Waals surface area contributed by atoms with E-state index in [1.165, 1.54) is 35.1 Å². The van der Waals surface area contributed by atoms with Gasteiger partial charge in [0.05, 0.1) is 0 Å². The van der Waals surface area contributed by atoms with Crippen LogP contribution >= 0.6 is 0 Å². The molecule has 0 heterocycles. The van der Waals surface area contributed by atoms with Crippen molar-refractivity contribution in [1.82, 2.24) is 0 Å². The molecule has 0 aliphatic heterocycles. The van der Waals surface area contributed by atoms with Gasteiger partial charge in [-0.15, -0.1) is 0 Å². The van der Waals surface area contributed by atoms with Crippen molar-refractivity contribution in [1.29, 1.82) is 0 Å². The minimum absolute atomic E-state index is 0.167. The zero-order chi connectivity index (χ0) is 26.5. The molecule has 0 fully saturated rings. The molecule has 0 radical (unpaired) electrons. The molecule has 0 saturated heterocycles. The number of aliphatic hydroxyl groups is 2. The van der Waals surface area contributed by atoms with E-state index in [1.807, 2.05) is 0 Å². The summed E-state index contributed by atoms with van der Waals surface area (Å²) in [7, 11) is 0. The average Bonchev–Trinajstić information content (AvgIpc) is 3.44. The van der Waals surface area contributed by atoms with Crippen molar-refractivity contribution in [3.8, 4) is 0 Å². The van der Waals surface area contributed by atoms with Crippen LogP contribution in [0, 0.1) is 0 Å². The molecule has 0 bridgehead atoms. The molecule has 2 N–H and O–H groups in total. The second-order valence-corrected chi connectivity index (χ2v) is 21.1. The molecule has 4 rings (SSSR count). The van der Waals surface area contributed by atoms with Crippen LogP contribution in [0.25, 0.3) is 0 Å². The summed E-state index contributed by atoms with van der Waals surface area (Å²) in [4.78, 5) is 0. The van der Waals surface area contributed by atoms with Gasteiger partial charge in [0.25, 0.3) is 0 Å². The third kappa shape index (κ3) is 11.4. The summed E-state index contributed by atoms with van der Waals surface area (Å²) < 4.78 is 5.26.